The van der Waals surface area contributed by atoms with Crippen molar-refractivity contribution in [2.45, 2.75) is 32.4 Å². The molecule has 1 unspecified atom stereocenters. The van der Waals surface area contributed by atoms with Gasteiger partial charge in [-0.25, -0.2) is 0 Å². The van der Waals surface area contributed by atoms with Crippen molar-refractivity contribution in [3.8, 4) is 11.4 Å². The number of aryl methyl sites for hydroxylation is 1. The minimum atomic E-state index is -0.343. The van der Waals surface area contributed by atoms with E-state index in [2.05, 4.69) is 15.5 Å². The molecule has 1 aromatic carbocycles. The van der Waals surface area contributed by atoms with Gasteiger partial charge in [-0.05, 0) is 25.8 Å². The van der Waals surface area contributed by atoms with E-state index in [4.69, 9.17) is 9.26 Å². The molecule has 2 aromatic rings. The molecular formula is C15H17N3O3. The third kappa shape index (κ3) is 3.28. The van der Waals surface area contributed by atoms with E-state index in [1.807, 2.05) is 31.2 Å². The van der Waals surface area contributed by atoms with Gasteiger partial charge in [-0.3, -0.25) is 4.79 Å². The van der Waals surface area contributed by atoms with Crippen molar-refractivity contribution >= 4 is 5.91 Å². The Labute approximate surface area is 122 Å². The molecule has 1 fully saturated rings. The molecule has 6 heteroatoms. The highest BCUT2D eigenvalue weighted by Crippen LogP contribution is 2.17. The maximum absolute atomic E-state index is 11.8. The van der Waals surface area contributed by atoms with Gasteiger partial charge in [0, 0.05) is 12.2 Å². The van der Waals surface area contributed by atoms with Gasteiger partial charge >= 0.3 is 0 Å². The fraction of sp³-hybridized carbons (Fsp3) is 0.400. The maximum atomic E-state index is 11.8. The molecule has 0 aliphatic carbocycles. The monoisotopic (exact) mass is 287 g/mol. The number of hydrogen-bond acceptors (Lipinski definition) is 5. The fourth-order valence-corrected chi connectivity index (χ4v) is 2.29. The molecule has 3 rings (SSSR count). The van der Waals surface area contributed by atoms with E-state index in [-0.39, 0.29) is 18.6 Å². The third-order valence-electron chi connectivity index (χ3n) is 3.38. The zero-order chi connectivity index (χ0) is 14.7. The number of hydrogen-bond donors (Lipinski definition) is 1. The first-order chi connectivity index (χ1) is 10.2. The molecule has 21 heavy (non-hydrogen) atoms. The van der Waals surface area contributed by atoms with Gasteiger partial charge in [-0.2, -0.15) is 4.98 Å². The summed E-state index contributed by atoms with van der Waals surface area (Å²) in [6.45, 7) is 2.87. The Morgan fingerprint density at radius 1 is 1.48 bits per heavy atom. The van der Waals surface area contributed by atoms with Crippen LogP contribution in [0.15, 0.2) is 28.8 Å². The summed E-state index contributed by atoms with van der Waals surface area (Å²) in [6.07, 6.45) is 1.35. The molecule has 1 saturated heterocycles. The zero-order valence-electron chi connectivity index (χ0n) is 11.8. The summed E-state index contributed by atoms with van der Waals surface area (Å²) in [7, 11) is 0. The Hall–Kier alpha value is -2.21. The summed E-state index contributed by atoms with van der Waals surface area (Å²) in [5.41, 5.74) is 2.03. The number of benzene rings is 1. The molecule has 1 amide bonds. The summed E-state index contributed by atoms with van der Waals surface area (Å²) >= 11 is 0. The maximum Gasteiger partial charge on any atom is 0.249 e. The lowest BCUT2D eigenvalue weighted by Crippen LogP contribution is -2.33. The van der Waals surface area contributed by atoms with E-state index in [1.165, 1.54) is 0 Å². The number of aromatic nitrogens is 2. The van der Waals surface area contributed by atoms with Gasteiger partial charge in [0.25, 0.3) is 0 Å². The molecule has 0 spiro atoms. The van der Waals surface area contributed by atoms with Crippen molar-refractivity contribution in [2.75, 3.05) is 6.61 Å². The van der Waals surface area contributed by atoms with Crippen molar-refractivity contribution in [1.29, 1.82) is 0 Å². The molecule has 0 radical (unpaired) electrons. The zero-order valence-corrected chi connectivity index (χ0v) is 11.8. The Morgan fingerprint density at radius 3 is 3.14 bits per heavy atom. The summed E-state index contributed by atoms with van der Waals surface area (Å²) in [5.74, 6) is 0.792. The topological polar surface area (TPSA) is 77.2 Å². The Balaban J connectivity index is 1.61. The summed E-state index contributed by atoms with van der Waals surface area (Å²) in [4.78, 5) is 16.1. The van der Waals surface area contributed by atoms with Crippen LogP contribution in [0.2, 0.25) is 0 Å². The number of ether oxygens (including phenoxy) is 1. The van der Waals surface area contributed by atoms with E-state index >= 15 is 0 Å². The first-order valence-electron chi connectivity index (χ1n) is 7.01. The molecule has 2 heterocycles. The molecule has 6 nitrogen and oxygen atoms in total. The number of carbonyl (C=O) groups is 1. The van der Waals surface area contributed by atoms with E-state index < -0.39 is 0 Å². The van der Waals surface area contributed by atoms with Gasteiger partial charge in [-0.15, -0.1) is 0 Å². The number of rotatable bonds is 4. The van der Waals surface area contributed by atoms with Gasteiger partial charge in [0.1, 0.15) is 6.10 Å². The van der Waals surface area contributed by atoms with Crippen LogP contribution in [0, 0.1) is 6.92 Å². The van der Waals surface area contributed by atoms with Gasteiger partial charge in [0.15, 0.2) is 0 Å². The molecule has 0 saturated carbocycles. The fourth-order valence-electron chi connectivity index (χ4n) is 2.29. The molecular weight excluding hydrogens is 270 g/mol. The Kier molecular flexibility index (Phi) is 3.96. The Bertz CT molecular complexity index is 633. The quantitative estimate of drug-likeness (QED) is 0.928. The van der Waals surface area contributed by atoms with Crippen LogP contribution in [0.5, 0.6) is 0 Å². The van der Waals surface area contributed by atoms with Crippen LogP contribution in [0.4, 0.5) is 0 Å². The highest BCUT2D eigenvalue weighted by Gasteiger charge is 2.23. The smallest absolute Gasteiger partial charge is 0.249 e. The lowest BCUT2D eigenvalue weighted by atomic mass is 10.1. The minimum Gasteiger partial charge on any atom is -0.368 e. The number of carbonyl (C=O) groups excluding carboxylic acids is 1. The van der Waals surface area contributed by atoms with E-state index in [0.717, 1.165) is 24.0 Å². The average Bonchev–Trinajstić information content (AvgIpc) is 3.16. The van der Waals surface area contributed by atoms with Gasteiger partial charge < -0.3 is 14.6 Å². The summed E-state index contributed by atoms with van der Waals surface area (Å²) in [6, 6.07) is 7.86. The van der Waals surface area contributed by atoms with Crippen molar-refractivity contribution in [1.82, 2.24) is 15.5 Å². The first-order valence-corrected chi connectivity index (χ1v) is 7.01. The highest BCUT2D eigenvalue weighted by molar-refractivity contribution is 5.80. The van der Waals surface area contributed by atoms with Gasteiger partial charge in [0.2, 0.25) is 17.6 Å². The molecule has 1 N–H and O–H groups in total. The van der Waals surface area contributed by atoms with Crippen molar-refractivity contribution < 1.29 is 14.1 Å². The van der Waals surface area contributed by atoms with Gasteiger partial charge in [-0.1, -0.05) is 28.9 Å². The van der Waals surface area contributed by atoms with Crippen LogP contribution in [0.25, 0.3) is 11.4 Å². The van der Waals surface area contributed by atoms with Crippen molar-refractivity contribution in [3.63, 3.8) is 0 Å². The van der Waals surface area contributed by atoms with E-state index in [1.54, 1.807) is 0 Å². The first kappa shape index (κ1) is 13.8. The molecule has 1 aromatic heterocycles. The van der Waals surface area contributed by atoms with E-state index in [9.17, 15) is 4.79 Å². The van der Waals surface area contributed by atoms with Crippen LogP contribution in [0.1, 0.15) is 24.3 Å². The molecule has 0 bridgehead atoms. The molecule has 1 aliphatic heterocycles. The standard InChI is InChI=1S/C15H17N3O3/c1-10-4-2-5-11(8-10)14-17-13(21-18-14)9-16-15(19)12-6-3-7-20-12/h2,4-5,8,12H,3,6-7,9H2,1H3,(H,16,19). The predicted molar refractivity (Wildman–Crippen MR) is 75.3 cm³/mol. The van der Waals surface area contributed by atoms with Crippen LogP contribution in [-0.4, -0.2) is 28.8 Å². The lowest BCUT2D eigenvalue weighted by molar-refractivity contribution is -0.130. The summed E-state index contributed by atoms with van der Waals surface area (Å²) < 4.78 is 10.5. The Morgan fingerprint density at radius 2 is 2.38 bits per heavy atom. The molecule has 1 aliphatic rings. The third-order valence-corrected chi connectivity index (χ3v) is 3.38. The van der Waals surface area contributed by atoms with Crippen molar-refractivity contribution in [3.05, 3.63) is 35.7 Å². The second kappa shape index (κ2) is 6.05. The predicted octanol–water partition coefficient (Wildman–Crippen LogP) is 1.84. The second-order valence-corrected chi connectivity index (χ2v) is 5.10. The molecule has 110 valence electrons. The van der Waals surface area contributed by atoms with Crippen LogP contribution >= 0.6 is 0 Å². The SMILES string of the molecule is Cc1cccc(-c2noc(CNC(=O)C3CCCO3)n2)c1. The normalized spacial score (nSPS) is 17.9. The number of nitrogens with one attached hydrogen (secondary N) is 1. The van der Waals surface area contributed by atoms with Crippen LogP contribution < -0.4 is 5.32 Å². The highest BCUT2D eigenvalue weighted by atomic mass is 16.5. The van der Waals surface area contributed by atoms with Crippen molar-refractivity contribution in [2.24, 2.45) is 0 Å². The van der Waals surface area contributed by atoms with Crippen LogP contribution in [-0.2, 0) is 16.1 Å². The number of nitrogens with zero attached hydrogens (tertiary/aromatic N) is 2. The second-order valence-electron chi connectivity index (χ2n) is 5.10. The van der Waals surface area contributed by atoms with Gasteiger partial charge in [0.05, 0.1) is 6.54 Å². The minimum absolute atomic E-state index is 0.122. The average molecular weight is 287 g/mol. The largest absolute Gasteiger partial charge is 0.368 e. The number of amides is 1. The summed E-state index contributed by atoms with van der Waals surface area (Å²) in [5, 5.41) is 6.69. The van der Waals surface area contributed by atoms with E-state index in [0.29, 0.717) is 18.3 Å². The molecule has 1 atom stereocenters. The van der Waals surface area contributed by atoms with Crippen LogP contribution in [0.3, 0.4) is 0 Å². The lowest BCUT2D eigenvalue weighted by Gasteiger charge is -2.08.